The summed E-state index contributed by atoms with van der Waals surface area (Å²) < 4.78 is 42.3. The maximum absolute atomic E-state index is 15.0. The Morgan fingerprint density at radius 3 is 2.60 bits per heavy atom. The van der Waals surface area contributed by atoms with E-state index in [1.54, 1.807) is 12.3 Å². The first-order chi connectivity index (χ1) is 14.4. The lowest BCUT2D eigenvalue weighted by Gasteiger charge is -2.12. The average molecular weight is 431 g/mol. The summed E-state index contributed by atoms with van der Waals surface area (Å²) in [5.41, 5.74) is 1.06. The number of anilines is 2. The first kappa shape index (κ1) is 19.8. The number of carbonyl (C=O) groups is 1. The molecular weight excluding hydrogens is 417 g/mol. The molecule has 2 aromatic carbocycles. The molecule has 0 fully saturated rings. The van der Waals surface area contributed by atoms with E-state index in [0.717, 1.165) is 12.1 Å². The molecule has 0 bridgehead atoms. The second kappa shape index (κ2) is 8.08. The number of rotatable bonds is 4. The van der Waals surface area contributed by atoms with Gasteiger partial charge in [0, 0.05) is 35.5 Å². The number of amides is 2. The van der Waals surface area contributed by atoms with Gasteiger partial charge in [-0.2, -0.15) is 0 Å². The van der Waals surface area contributed by atoms with Crippen molar-refractivity contribution in [2.45, 2.75) is 6.42 Å². The molecule has 5 nitrogen and oxygen atoms in total. The van der Waals surface area contributed by atoms with Gasteiger partial charge in [-0.05, 0) is 48.0 Å². The number of nitrogens with one attached hydrogen (secondary N) is 3. The standard InChI is InChI=1S/C21H14ClF3N4O/c22-12-8-15-11(9-26-20(15)27-10-12)7-16-17(24)5-6-18(19(16)25)29-21(30)28-14-3-1-13(23)2-4-14/h1-6,8-10H,7H2,(H,26,27)(H2,28,29,30). The van der Waals surface area contributed by atoms with E-state index < -0.39 is 23.5 Å². The van der Waals surface area contributed by atoms with Gasteiger partial charge < -0.3 is 15.6 Å². The van der Waals surface area contributed by atoms with Gasteiger partial charge in [0.25, 0.3) is 0 Å². The lowest BCUT2D eigenvalue weighted by atomic mass is 10.0. The highest BCUT2D eigenvalue weighted by Crippen LogP contribution is 2.27. The molecule has 2 aromatic heterocycles. The number of halogens is 4. The monoisotopic (exact) mass is 430 g/mol. The maximum atomic E-state index is 15.0. The molecule has 2 amide bonds. The van der Waals surface area contributed by atoms with Gasteiger partial charge in [-0.1, -0.05) is 11.6 Å². The number of nitrogens with zero attached hydrogens (tertiary/aromatic N) is 1. The highest BCUT2D eigenvalue weighted by molar-refractivity contribution is 6.31. The predicted octanol–water partition coefficient (Wildman–Crippen LogP) is 5.87. The maximum Gasteiger partial charge on any atom is 0.323 e. The Balaban J connectivity index is 1.57. The van der Waals surface area contributed by atoms with Crippen molar-refractivity contribution in [3.63, 3.8) is 0 Å². The summed E-state index contributed by atoms with van der Waals surface area (Å²) in [4.78, 5) is 19.2. The Morgan fingerprint density at radius 2 is 1.83 bits per heavy atom. The molecule has 4 aromatic rings. The van der Waals surface area contributed by atoms with Crippen molar-refractivity contribution in [3.8, 4) is 0 Å². The highest BCUT2D eigenvalue weighted by Gasteiger charge is 2.18. The van der Waals surface area contributed by atoms with Gasteiger partial charge in [0.15, 0.2) is 5.82 Å². The molecule has 0 aliphatic carbocycles. The van der Waals surface area contributed by atoms with Gasteiger partial charge in [-0.25, -0.2) is 22.9 Å². The molecule has 9 heteroatoms. The molecule has 0 atom stereocenters. The lowest BCUT2D eigenvalue weighted by molar-refractivity contribution is 0.262. The third-order valence-corrected chi connectivity index (χ3v) is 4.69. The molecular formula is C21H14ClF3N4O. The molecule has 0 saturated heterocycles. The molecule has 0 unspecified atom stereocenters. The third-order valence-electron chi connectivity index (χ3n) is 4.49. The topological polar surface area (TPSA) is 69.8 Å². The first-order valence-electron chi connectivity index (χ1n) is 8.82. The number of aromatic nitrogens is 2. The second-order valence-corrected chi connectivity index (χ2v) is 6.95. The summed E-state index contributed by atoms with van der Waals surface area (Å²) in [6.07, 6.45) is 3.00. The van der Waals surface area contributed by atoms with Crippen molar-refractivity contribution in [3.05, 3.63) is 88.5 Å². The number of hydrogen-bond donors (Lipinski definition) is 3. The predicted molar refractivity (Wildman–Crippen MR) is 109 cm³/mol. The number of urea groups is 1. The number of hydrogen-bond acceptors (Lipinski definition) is 2. The van der Waals surface area contributed by atoms with E-state index in [0.29, 0.717) is 27.3 Å². The van der Waals surface area contributed by atoms with E-state index in [1.807, 2.05) is 0 Å². The first-order valence-corrected chi connectivity index (χ1v) is 9.20. The van der Waals surface area contributed by atoms with Gasteiger partial charge >= 0.3 is 6.03 Å². The zero-order valence-electron chi connectivity index (χ0n) is 15.3. The van der Waals surface area contributed by atoms with Crippen LogP contribution >= 0.6 is 11.6 Å². The summed E-state index contributed by atoms with van der Waals surface area (Å²) >= 11 is 5.97. The molecule has 152 valence electrons. The SMILES string of the molecule is O=C(Nc1ccc(F)cc1)Nc1ccc(F)c(Cc2c[nH]c3ncc(Cl)cc23)c1F. The highest BCUT2D eigenvalue weighted by atomic mass is 35.5. The smallest absolute Gasteiger partial charge is 0.323 e. The minimum Gasteiger partial charge on any atom is -0.346 e. The van der Waals surface area contributed by atoms with Crippen LogP contribution in [0.25, 0.3) is 11.0 Å². The lowest BCUT2D eigenvalue weighted by Crippen LogP contribution is -2.20. The minimum absolute atomic E-state index is 0.0746. The molecule has 4 rings (SSSR count). The van der Waals surface area contributed by atoms with E-state index in [-0.39, 0.29) is 17.7 Å². The molecule has 0 aliphatic rings. The van der Waals surface area contributed by atoms with Crippen molar-refractivity contribution < 1.29 is 18.0 Å². The molecule has 3 N–H and O–H groups in total. The van der Waals surface area contributed by atoms with Crippen molar-refractivity contribution in [1.82, 2.24) is 9.97 Å². The van der Waals surface area contributed by atoms with Crippen LogP contribution in [0, 0.1) is 17.5 Å². The van der Waals surface area contributed by atoms with E-state index >= 15 is 0 Å². The largest absolute Gasteiger partial charge is 0.346 e. The van der Waals surface area contributed by atoms with Crippen LogP contribution in [0.1, 0.15) is 11.1 Å². The van der Waals surface area contributed by atoms with Gasteiger partial charge in [0.2, 0.25) is 0 Å². The van der Waals surface area contributed by atoms with Crippen LogP contribution in [0.5, 0.6) is 0 Å². The summed E-state index contributed by atoms with van der Waals surface area (Å²) in [5.74, 6) is -2.10. The fourth-order valence-corrected chi connectivity index (χ4v) is 3.20. The number of pyridine rings is 1. The van der Waals surface area contributed by atoms with E-state index in [4.69, 9.17) is 11.6 Å². The van der Waals surface area contributed by atoms with Crippen molar-refractivity contribution in [2.24, 2.45) is 0 Å². The number of H-pyrrole nitrogens is 1. The molecule has 0 saturated carbocycles. The Hall–Kier alpha value is -3.52. The summed E-state index contributed by atoms with van der Waals surface area (Å²) in [5, 5.41) is 5.84. The molecule has 0 aliphatic heterocycles. The average Bonchev–Trinajstić information content (AvgIpc) is 3.11. The quantitative estimate of drug-likeness (QED) is 0.379. The van der Waals surface area contributed by atoms with E-state index in [9.17, 15) is 18.0 Å². The Labute approximate surface area is 173 Å². The summed E-state index contributed by atoms with van der Waals surface area (Å²) in [6, 6.07) is 8.18. The van der Waals surface area contributed by atoms with Gasteiger partial charge in [0.05, 0.1) is 10.7 Å². The van der Waals surface area contributed by atoms with Crippen molar-refractivity contribution in [2.75, 3.05) is 10.6 Å². The van der Waals surface area contributed by atoms with Crippen LogP contribution in [0.4, 0.5) is 29.3 Å². The molecule has 30 heavy (non-hydrogen) atoms. The molecule has 2 heterocycles. The van der Waals surface area contributed by atoms with Crippen molar-refractivity contribution >= 4 is 40.0 Å². The zero-order chi connectivity index (χ0) is 21.3. The fraction of sp³-hybridized carbons (Fsp3) is 0.0476. The Kier molecular flexibility index (Phi) is 5.33. The zero-order valence-corrected chi connectivity index (χ0v) is 16.0. The number of benzene rings is 2. The van der Waals surface area contributed by atoms with Crippen LogP contribution < -0.4 is 10.6 Å². The van der Waals surface area contributed by atoms with Crippen LogP contribution in [0.2, 0.25) is 5.02 Å². The van der Waals surface area contributed by atoms with Gasteiger partial charge in [0.1, 0.15) is 17.3 Å². The number of carbonyl (C=O) groups excluding carboxylic acids is 1. The van der Waals surface area contributed by atoms with Crippen LogP contribution in [-0.4, -0.2) is 16.0 Å². The summed E-state index contributed by atoms with van der Waals surface area (Å²) in [7, 11) is 0. The van der Waals surface area contributed by atoms with Gasteiger partial charge in [-0.15, -0.1) is 0 Å². The molecule has 0 spiro atoms. The normalized spacial score (nSPS) is 10.9. The number of aromatic amines is 1. The van der Waals surface area contributed by atoms with Crippen molar-refractivity contribution in [1.29, 1.82) is 0 Å². The molecule has 0 radical (unpaired) electrons. The van der Waals surface area contributed by atoms with E-state index in [1.165, 1.54) is 30.5 Å². The third kappa shape index (κ3) is 4.08. The summed E-state index contributed by atoms with van der Waals surface area (Å²) in [6.45, 7) is 0. The van der Waals surface area contributed by atoms with Crippen LogP contribution in [0.15, 0.2) is 54.9 Å². The number of fused-ring (bicyclic) bond motifs is 1. The minimum atomic E-state index is -0.895. The van der Waals surface area contributed by atoms with Crippen LogP contribution in [-0.2, 0) is 6.42 Å². The Morgan fingerprint density at radius 1 is 1.07 bits per heavy atom. The second-order valence-electron chi connectivity index (χ2n) is 6.51. The van der Waals surface area contributed by atoms with E-state index in [2.05, 4.69) is 20.6 Å². The Bertz CT molecular complexity index is 1240. The fourth-order valence-electron chi connectivity index (χ4n) is 3.04. The van der Waals surface area contributed by atoms with Crippen LogP contribution in [0.3, 0.4) is 0 Å². The van der Waals surface area contributed by atoms with Gasteiger partial charge in [-0.3, -0.25) is 0 Å².